The number of unbranched alkanes of at least 4 members (excludes halogenated alkanes) is 6. The molecule has 0 heterocycles. The normalized spacial score (nSPS) is 12.8. The summed E-state index contributed by atoms with van der Waals surface area (Å²) in [6, 6.07) is 0. The Morgan fingerprint density at radius 1 is 0.850 bits per heavy atom. The van der Waals surface area contributed by atoms with Crippen LogP contribution in [-0.4, -0.2) is 31.5 Å². The molecular formula is C17H37NO2. The van der Waals surface area contributed by atoms with E-state index in [2.05, 4.69) is 6.92 Å². The molecule has 0 aliphatic carbocycles. The van der Waals surface area contributed by atoms with E-state index >= 15 is 0 Å². The molecule has 1 atom stereocenters. The summed E-state index contributed by atoms with van der Waals surface area (Å²) in [4.78, 5) is 0. The van der Waals surface area contributed by atoms with E-state index in [1.54, 1.807) is 0 Å². The van der Waals surface area contributed by atoms with Gasteiger partial charge in [0.05, 0.1) is 13.2 Å². The summed E-state index contributed by atoms with van der Waals surface area (Å²) in [5, 5.41) is 8.64. The van der Waals surface area contributed by atoms with Crippen molar-refractivity contribution in [1.29, 1.82) is 0 Å². The standard InChI is InChI=1S/C17H37NO2/c1-2-3-4-5-6-7-8-10-17(12-13-18)11-9-15-20-16-14-19/h17,19H,2-16,18H2,1H3. The molecule has 3 N–H and O–H groups in total. The molecule has 20 heavy (non-hydrogen) atoms. The lowest BCUT2D eigenvalue weighted by molar-refractivity contribution is 0.0871. The van der Waals surface area contributed by atoms with Crippen LogP contribution in [0.5, 0.6) is 0 Å². The van der Waals surface area contributed by atoms with Gasteiger partial charge in [-0.2, -0.15) is 0 Å². The zero-order chi connectivity index (χ0) is 14.9. The molecule has 1 unspecified atom stereocenters. The van der Waals surface area contributed by atoms with Crippen LogP contribution in [0.25, 0.3) is 0 Å². The van der Waals surface area contributed by atoms with Crippen LogP contribution in [0.1, 0.15) is 77.6 Å². The van der Waals surface area contributed by atoms with E-state index in [4.69, 9.17) is 15.6 Å². The molecule has 0 aromatic heterocycles. The Bertz CT molecular complexity index is 176. The van der Waals surface area contributed by atoms with Crippen LogP contribution in [0.15, 0.2) is 0 Å². The molecule has 3 heteroatoms. The molecule has 0 fully saturated rings. The molecule has 0 aliphatic rings. The smallest absolute Gasteiger partial charge is 0.0697 e. The zero-order valence-corrected chi connectivity index (χ0v) is 13.6. The van der Waals surface area contributed by atoms with Crippen molar-refractivity contribution in [2.45, 2.75) is 77.6 Å². The van der Waals surface area contributed by atoms with E-state index in [9.17, 15) is 0 Å². The molecule has 0 saturated heterocycles. The van der Waals surface area contributed by atoms with Crippen LogP contribution in [0.4, 0.5) is 0 Å². The van der Waals surface area contributed by atoms with Crippen molar-refractivity contribution < 1.29 is 9.84 Å². The van der Waals surface area contributed by atoms with Crippen LogP contribution in [0, 0.1) is 5.92 Å². The Morgan fingerprint density at radius 3 is 2.15 bits per heavy atom. The second kappa shape index (κ2) is 16.9. The maximum absolute atomic E-state index is 8.64. The van der Waals surface area contributed by atoms with Gasteiger partial charge in [0.15, 0.2) is 0 Å². The van der Waals surface area contributed by atoms with Crippen molar-refractivity contribution in [3.8, 4) is 0 Å². The highest BCUT2D eigenvalue weighted by molar-refractivity contribution is 4.61. The lowest BCUT2D eigenvalue weighted by atomic mass is 9.93. The van der Waals surface area contributed by atoms with Gasteiger partial charge in [-0.1, -0.05) is 58.3 Å². The maximum Gasteiger partial charge on any atom is 0.0697 e. The predicted molar refractivity (Wildman–Crippen MR) is 86.9 cm³/mol. The van der Waals surface area contributed by atoms with Gasteiger partial charge in [0, 0.05) is 6.61 Å². The fraction of sp³-hybridized carbons (Fsp3) is 1.00. The van der Waals surface area contributed by atoms with Gasteiger partial charge in [0.25, 0.3) is 0 Å². The summed E-state index contributed by atoms with van der Waals surface area (Å²) in [5.41, 5.74) is 5.70. The minimum Gasteiger partial charge on any atom is -0.394 e. The molecule has 0 rings (SSSR count). The molecule has 122 valence electrons. The highest BCUT2D eigenvalue weighted by atomic mass is 16.5. The molecule has 0 bridgehead atoms. The third-order valence-electron chi connectivity index (χ3n) is 3.93. The third-order valence-corrected chi connectivity index (χ3v) is 3.93. The Kier molecular flexibility index (Phi) is 16.8. The zero-order valence-electron chi connectivity index (χ0n) is 13.6. The number of aliphatic hydroxyl groups is 1. The minimum absolute atomic E-state index is 0.129. The first-order valence-electron chi connectivity index (χ1n) is 8.73. The van der Waals surface area contributed by atoms with Crippen LogP contribution < -0.4 is 5.73 Å². The van der Waals surface area contributed by atoms with Crippen molar-refractivity contribution >= 4 is 0 Å². The molecule has 0 aromatic carbocycles. The summed E-state index contributed by atoms with van der Waals surface area (Å²) < 4.78 is 5.31. The first kappa shape index (κ1) is 19.9. The highest BCUT2D eigenvalue weighted by Crippen LogP contribution is 2.19. The lowest BCUT2D eigenvalue weighted by Gasteiger charge is -2.16. The molecule has 0 radical (unpaired) electrons. The molecule has 0 aliphatic heterocycles. The van der Waals surface area contributed by atoms with E-state index < -0.39 is 0 Å². The number of rotatable bonds is 16. The highest BCUT2D eigenvalue weighted by Gasteiger charge is 2.07. The second-order valence-corrected chi connectivity index (χ2v) is 5.83. The molecule has 0 spiro atoms. The number of nitrogens with two attached hydrogens (primary N) is 1. The average molecular weight is 287 g/mol. The van der Waals surface area contributed by atoms with Crippen LogP contribution >= 0.6 is 0 Å². The average Bonchev–Trinajstić information content (AvgIpc) is 2.46. The SMILES string of the molecule is CCCCCCCCCC(CCN)CCCOCCO. The van der Waals surface area contributed by atoms with E-state index in [0.29, 0.717) is 6.61 Å². The molecule has 0 amide bonds. The summed E-state index contributed by atoms with van der Waals surface area (Å²) in [7, 11) is 0. The quantitative estimate of drug-likeness (QED) is 0.424. The molecule has 0 saturated carbocycles. The van der Waals surface area contributed by atoms with Crippen molar-refractivity contribution in [1.82, 2.24) is 0 Å². The molecule has 0 aromatic rings. The Morgan fingerprint density at radius 2 is 1.50 bits per heavy atom. The first-order valence-corrected chi connectivity index (χ1v) is 8.73. The van der Waals surface area contributed by atoms with Crippen molar-refractivity contribution in [2.75, 3.05) is 26.4 Å². The van der Waals surface area contributed by atoms with E-state index in [0.717, 1.165) is 31.9 Å². The maximum atomic E-state index is 8.64. The summed E-state index contributed by atoms with van der Waals surface area (Å²) >= 11 is 0. The largest absolute Gasteiger partial charge is 0.394 e. The van der Waals surface area contributed by atoms with E-state index in [-0.39, 0.29) is 6.61 Å². The third kappa shape index (κ3) is 14.3. The van der Waals surface area contributed by atoms with Crippen LogP contribution in [-0.2, 0) is 4.74 Å². The second-order valence-electron chi connectivity index (χ2n) is 5.83. The van der Waals surface area contributed by atoms with Gasteiger partial charge >= 0.3 is 0 Å². The van der Waals surface area contributed by atoms with Crippen molar-refractivity contribution in [2.24, 2.45) is 11.7 Å². The summed E-state index contributed by atoms with van der Waals surface area (Å²) in [6.07, 6.45) is 14.5. The van der Waals surface area contributed by atoms with Gasteiger partial charge in [0.1, 0.15) is 0 Å². The molecular weight excluding hydrogens is 250 g/mol. The predicted octanol–water partition coefficient (Wildman–Crippen LogP) is 3.88. The minimum atomic E-state index is 0.129. The van der Waals surface area contributed by atoms with Gasteiger partial charge in [0.2, 0.25) is 0 Å². The number of hydrogen-bond acceptors (Lipinski definition) is 3. The fourth-order valence-corrected chi connectivity index (χ4v) is 2.70. The summed E-state index contributed by atoms with van der Waals surface area (Å²) in [6.45, 7) is 4.45. The van der Waals surface area contributed by atoms with E-state index in [1.165, 1.54) is 57.8 Å². The van der Waals surface area contributed by atoms with Gasteiger partial charge in [-0.25, -0.2) is 0 Å². The monoisotopic (exact) mass is 287 g/mol. The van der Waals surface area contributed by atoms with Crippen molar-refractivity contribution in [3.05, 3.63) is 0 Å². The van der Waals surface area contributed by atoms with E-state index in [1.807, 2.05) is 0 Å². The van der Waals surface area contributed by atoms with Gasteiger partial charge < -0.3 is 15.6 Å². The topological polar surface area (TPSA) is 55.5 Å². The van der Waals surface area contributed by atoms with Gasteiger partial charge in [-0.3, -0.25) is 0 Å². The number of aliphatic hydroxyl groups excluding tert-OH is 1. The Labute approximate surface area is 126 Å². The van der Waals surface area contributed by atoms with Crippen molar-refractivity contribution in [3.63, 3.8) is 0 Å². The van der Waals surface area contributed by atoms with Crippen LogP contribution in [0.3, 0.4) is 0 Å². The van der Waals surface area contributed by atoms with Crippen LogP contribution in [0.2, 0.25) is 0 Å². The van der Waals surface area contributed by atoms with Gasteiger partial charge in [-0.15, -0.1) is 0 Å². The lowest BCUT2D eigenvalue weighted by Crippen LogP contribution is -2.10. The number of ether oxygens (including phenoxy) is 1. The molecule has 3 nitrogen and oxygen atoms in total. The Balaban J connectivity index is 3.44. The fourth-order valence-electron chi connectivity index (χ4n) is 2.70. The number of hydrogen-bond donors (Lipinski definition) is 2. The Hall–Kier alpha value is -0.120. The van der Waals surface area contributed by atoms with Gasteiger partial charge in [-0.05, 0) is 31.7 Å². The first-order chi connectivity index (χ1) is 9.85. The summed E-state index contributed by atoms with van der Waals surface area (Å²) in [5.74, 6) is 0.772.